The van der Waals surface area contributed by atoms with Crippen LogP contribution in [0.15, 0.2) is 18.3 Å². The van der Waals surface area contributed by atoms with E-state index in [2.05, 4.69) is 26.4 Å². The molecule has 3 fully saturated rings. The minimum Gasteiger partial charge on any atom is -0.472 e. The summed E-state index contributed by atoms with van der Waals surface area (Å²) in [5, 5.41) is 15.1. The minimum absolute atomic E-state index is 0.0193. The van der Waals surface area contributed by atoms with E-state index in [4.69, 9.17) is 4.74 Å². The van der Waals surface area contributed by atoms with E-state index in [0.717, 1.165) is 0 Å². The number of rotatable bonds is 4. The number of amides is 4. The molecule has 47 heavy (non-hydrogen) atoms. The maximum absolute atomic E-state index is 15.2. The van der Waals surface area contributed by atoms with Gasteiger partial charge in [-0.2, -0.15) is 18.4 Å². The Kier molecular flexibility index (Phi) is 8.82. The van der Waals surface area contributed by atoms with Crippen molar-refractivity contribution < 1.29 is 46.2 Å². The van der Waals surface area contributed by atoms with Crippen LogP contribution in [0.5, 0.6) is 5.75 Å². The Morgan fingerprint density at radius 3 is 2.57 bits per heavy atom. The first-order chi connectivity index (χ1) is 21.9. The van der Waals surface area contributed by atoms with Gasteiger partial charge in [0.05, 0.1) is 12.6 Å². The number of nitrogens with zero attached hydrogens (tertiary/aromatic N) is 4. The Balaban J connectivity index is 1.47. The lowest BCUT2D eigenvalue weighted by Crippen LogP contribution is -2.60. The van der Waals surface area contributed by atoms with Crippen LogP contribution in [0.25, 0.3) is 0 Å². The lowest BCUT2D eigenvalue weighted by atomic mass is 9.70. The van der Waals surface area contributed by atoms with Crippen molar-refractivity contribution in [3.63, 3.8) is 0 Å². The third-order valence-corrected chi connectivity index (χ3v) is 9.80. The molecule has 12 nitrogen and oxygen atoms in total. The van der Waals surface area contributed by atoms with Crippen molar-refractivity contribution in [2.24, 2.45) is 23.2 Å². The molecule has 9 atom stereocenters. The lowest BCUT2D eigenvalue weighted by Gasteiger charge is -2.40. The van der Waals surface area contributed by atoms with Gasteiger partial charge in [0.15, 0.2) is 17.7 Å². The maximum atomic E-state index is 15.2. The van der Waals surface area contributed by atoms with Crippen LogP contribution in [0.2, 0.25) is 0 Å². The first-order valence-electron chi connectivity index (χ1n) is 15.5. The van der Waals surface area contributed by atoms with Gasteiger partial charge in [0, 0.05) is 19.2 Å². The van der Waals surface area contributed by atoms with E-state index >= 15 is 4.39 Å². The van der Waals surface area contributed by atoms with Gasteiger partial charge < -0.3 is 29.9 Å². The van der Waals surface area contributed by atoms with Gasteiger partial charge in [0.25, 0.3) is 5.91 Å². The van der Waals surface area contributed by atoms with Crippen LogP contribution in [0, 0.1) is 34.5 Å². The smallest absolute Gasteiger partial charge is 0.425 e. The number of ether oxygens (including phenoxy) is 2. The first-order valence-corrected chi connectivity index (χ1v) is 15.5. The number of halogens is 4. The zero-order chi connectivity index (χ0) is 34.6. The molecule has 16 heteroatoms. The summed E-state index contributed by atoms with van der Waals surface area (Å²) in [6.07, 6.45) is -8.16. The summed E-state index contributed by atoms with van der Waals surface area (Å²) in [6.45, 7) is 6.75. The third kappa shape index (κ3) is 6.28. The van der Waals surface area contributed by atoms with Crippen LogP contribution in [-0.4, -0.2) is 93.9 Å². The topological polar surface area (TPSA) is 154 Å². The minimum atomic E-state index is -4.83. The van der Waals surface area contributed by atoms with E-state index in [-0.39, 0.29) is 43.4 Å². The maximum Gasteiger partial charge on any atom is 0.425 e. The number of alkyl halides is 4. The molecule has 2 saturated heterocycles. The van der Waals surface area contributed by atoms with E-state index in [1.165, 1.54) is 16.0 Å². The highest BCUT2D eigenvalue weighted by molar-refractivity contribution is 6.01. The number of carbonyl (C=O) groups excluding carboxylic acids is 4. The molecule has 0 radical (unpaired) electrons. The van der Waals surface area contributed by atoms with Crippen LogP contribution in [0.3, 0.4) is 0 Å². The van der Waals surface area contributed by atoms with E-state index in [9.17, 15) is 37.6 Å². The van der Waals surface area contributed by atoms with Gasteiger partial charge in [0.2, 0.25) is 17.4 Å². The highest BCUT2D eigenvalue weighted by Gasteiger charge is 2.60. The summed E-state index contributed by atoms with van der Waals surface area (Å²) in [7, 11) is 0. The average molecular weight is 667 g/mol. The molecule has 1 aliphatic carbocycles. The molecular weight excluding hydrogens is 628 g/mol. The SMILES string of the molecule is C[C@H]1[C@H]2[C@@H](CC[C@H]1F)CN(C(=O)[C@@H](NC(=O)O[C@H](C)C(F)(F)F)C(C)(C)C)[C@@H]2C(=O)N1C[C@@]2(C[C@H]1C#N)Oc1cccnc1NC2=O. The van der Waals surface area contributed by atoms with E-state index < -0.39 is 83.2 Å². The number of carbonyl (C=O) groups is 4. The van der Waals surface area contributed by atoms with Gasteiger partial charge in [-0.25, -0.2) is 14.2 Å². The van der Waals surface area contributed by atoms with Gasteiger partial charge >= 0.3 is 12.3 Å². The Labute approximate surface area is 269 Å². The van der Waals surface area contributed by atoms with Crippen LogP contribution >= 0.6 is 0 Å². The molecule has 0 bridgehead atoms. The Morgan fingerprint density at radius 2 is 1.94 bits per heavy atom. The molecule has 4 heterocycles. The Hall–Kier alpha value is -4.16. The number of pyridine rings is 1. The lowest BCUT2D eigenvalue weighted by molar-refractivity contribution is -0.197. The number of hydrogen-bond acceptors (Lipinski definition) is 8. The molecule has 2 N–H and O–H groups in total. The largest absolute Gasteiger partial charge is 0.472 e. The van der Waals surface area contributed by atoms with Crippen LogP contribution < -0.4 is 15.4 Å². The molecular formula is C31H38F4N6O6. The number of likely N-dealkylation sites (tertiary alicyclic amines) is 2. The number of nitrogens with one attached hydrogen (secondary N) is 2. The number of fused-ring (bicyclic) bond motifs is 2. The van der Waals surface area contributed by atoms with Crippen molar-refractivity contribution in [1.29, 1.82) is 5.26 Å². The number of hydrogen-bond donors (Lipinski definition) is 2. The standard InChI is InChI=1S/C31H38F4N6O6/c1-15-19(32)9-8-17-13-40(26(43)23(29(3,4)5)38-28(45)46-16(2)31(33,34)35)22(21(15)17)25(42)41-14-30(11-18(41)12-36)27(44)39-24-20(47-30)7-6-10-37-24/h6-7,10,15-19,21-23H,8-9,11,13-14H2,1-5H3,(H,38,45)(H,37,39,44)/t15-,16-,17+,18+,19-,21+,22+,23-,30-/m1/s1. The number of alkyl carbamates (subject to hydrolysis) is 1. The highest BCUT2D eigenvalue weighted by Crippen LogP contribution is 2.47. The second-order valence-electron chi connectivity index (χ2n) is 14.0. The number of aromatic nitrogens is 1. The molecule has 1 aromatic heterocycles. The van der Waals surface area contributed by atoms with Crippen LogP contribution in [-0.2, 0) is 19.1 Å². The second-order valence-corrected chi connectivity index (χ2v) is 14.0. The fraction of sp³-hybridized carbons (Fsp3) is 0.677. The van der Waals surface area contributed by atoms with Gasteiger partial charge in [-0.05, 0) is 55.1 Å². The van der Waals surface area contributed by atoms with Crippen molar-refractivity contribution >= 4 is 29.6 Å². The van der Waals surface area contributed by atoms with Crippen LogP contribution in [0.4, 0.5) is 28.2 Å². The summed E-state index contributed by atoms with van der Waals surface area (Å²) in [6, 6.07) is 1.38. The molecule has 4 amide bonds. The highest BCUT2D eigenvalue weighted by atomic mass is 19.4. The van der Waals surface area contributed by atoms with E-state index in [1.54, 1.807) is 39.8 Å². The summed E-state index contributed by atoms with van der Waals surface area (Å²) in [5.74, 6) is -3.26. The molecule has 1 saturated carbocycles. The van der Waals surface area contributed by atoms with Crippen molar-refractivity contribution in [3.05, 3.63) is 18.3 Å². The predicted molar refractivity (Wildman–Crippen MR) is 156 cm³/mol. The van der Waals surface area contributed by atoms with Gasteiger partial charge in [-0.3, -0.25) is 14.4 Å². The zero-order valence-corrected chi connectivity index (χ0v) is 26.6. The summed E-state index contributed by atoms with van der Waals surface area (Å²) in [5.41, 5.74) is -2.69. The fourth-order valence-corrected chi connectivity index (χ4v) is 7.22. The van der Waals surface area contributed by atoms with Crippen molar-refractivity contribution in [1.82, 2.24) is 20.1 Å². The van der Waals surface area contributed by atoms with Crippen molar-refractivity contribution in [2.45, 2.75) is 96.1 Å². The molecule has 4 aliphatic rings. The van der Waals surface area contributed by atoms with Gasteiger partial charge in [-0.1, -0.05) is 27.7 Å². The number of anilines is 1. The van der Waals surface area contributed by atoms with Crippen LogP contribution in [0.1, 0.15) is 53.9 Å². The summed E-state index contributed by atoms with van der Waals surface area (Å²) in [4.78, 5) is 61.3. The van der Waals surface area contributed by atoms with E-state index in [1.807, 2.05) is 0 Å². The quantitative estimate of drug-likeness (QED) is 0.463. The van der Waals surface area contributed by atoms with Gasteiger partial charge in [0.1, 0.15) is 24.3 Å². The molecule has 1 aromatic rings. The normalized spacial score (nSPS) is 31.5. The average Bonchev–Trinajstić information content (AvgIpc) is 3.57. The third-order valence-electron chi connectivity index (χ3n) is 9.80. The summed E-state index contributed by atoms with van der Waals surface area (Å²) >= 11 is 0. The zero-order valence-electron chi connectivity index (χ0n) is 26.6. The molecule has 0 unspecified atom stereocenters. The molecule has 1 spiro atoms. The van der Waals surface area contributed by atoms with Gasteiger partial charge in [-0.15, -0.1) is 0 Å². The fourth-order valence-electron chi connectivity index (χ4n) is 7.22. The summed E-state index contributed by atoms with van der Waals surface area (Å²) < 4.78 is 65.0. The van der Waals surface area contributed by atoms with E-state index in [0.29, 0.717) is 13.3 Å². The van der Waals surface area contributed by atoms with Crippen molar-refractivity contribution in [2.75, 3.05) is 18.4 Å². The predicted octanol–water partition coefficient (Wildman–Crippen LogP) is 3.58. The monoisotopic (exact) mass is 666 g/mol. The Morgan fingerprint density at radius 1 is 1.23 bits per heavy atom. The second kappa shape index (κ2) is 12.1. The molecule has 5 rings (SSSR count). The molecule has 3 aliphatic heterocycles. The number of nitriles is 1. The Bertz CT molecular complexity index is 1480. The van der Waals surface area contributed by atoms with Crippen molar-refractivity contribution in [3.8, 4) is 11.8 Å². The molecule has 0 aromatic carbocycles. The molecule has 256 valence electrons. The first kappa shape index (κ1) is 34.2.